The number of hydrogen-bond acceptors (Lipinski definition) is 0. The summed E-state index contributed by atoms with van der Waals surface area (Å²) in [5.41, 5.74) is 1.48. The van der Waals surface area contributed by atoms with Crippen LogP contribution in [0.4, 0.5) is 0 Å². The molecular weight excluding hydrogens is 108 g/mol. The molecule has 0 heterocycles. The lowest BCUT2D eigenvalue weighted by molar-refractivity contribution is 0.799. The van der Waals surface area contributed by atoms with E-state index >= 15 is 0 Å². The number of allylic oxidation sites excluding steroid dienone is 4. The lowest BCUT2D eigenvalue weighted by atomic mass is 10.1. The minimum atomic E-state index is 1.25. The van der Waals surface area contributed by atoms with Gasteiger partial charge in [-0.15, -0.1) is 0 Å². The summed E-state index contributed by atoms with van der Waals surface area (Å²) >= 11 is 0. The van der Waals surface area contributed by atoms with E-state index in [0.717, 1.165) is 0 Å². The fraction of sp³-hybridized carbons (Fsp3) is 0.444. The third-order valence-corrected chi connectivity index (χ3v) is 1.55. The molecule has 0 aliphatic heterocycles. The molecule has 0 amide bonds. The summed E-state index contributed by atoms with van der Waals surface area (Å²) in [7, 11) is 0. The Kier molecular flexibility index (Phi) is 2.56. The monoisotopic (exact) mass is 121 g/mol. The summed E-state index contributed by atoms with van der Waals surface area (Å²) in [5.74, 6) is 0. The lowest BCUT2D eigenvalue weighted by Gasteiger charge is -1.94. The van der Waals surface area contributed by atoms with Crippen molar-refractivity contribution in [2.45, 2.75) is 26.2 Å². The van der Waals surface area contributed by atoms with E-state index in [9.17, 15) is 0 Å². The Bertz CT molecular complexity index is 129. The molecule has 0 fully saturated rings. The minimum absolute atomic E-state index is 1.25. The predicted molar refractivity (Wildman–Crippen MR) is 41.0 cm³/mol. The van der Waals surface area contributed by atoms with Gasteiger partial charge in [-0.25, -0.2) is 0 Å². The van der Waals surface area contributed by atoms with Crippen molar-refractivity contribution in [2.75, 3.05) is 0 Å². The molecule has 1 radical (unpaired) electrons. The van der Waals surface area contributed by atoms with Crippen molar-refractivity contribution in [3.63, 3.8) is 0 Å². The topological polar surface area (TPSA) is 0 Å². The van der Waals surface area contributed by atoms with Gasteiger partial charge in [0.25, 0.3) is 0 Å². The van der Waals surface area contributed by atoms with Crippen molar-refractivity contribution < 1.29 is 0 Å². The number of rotatable bonds is 3. The van der Waals surface area contributed by atoms with Crippen molar-refractivity contribution >= 4 is 0 Å². The zero-order valence-corrected chi connectivity index (χ0v) is 5.93. The average Bonchev–Trinajstić information content (AvgIpc) is 2.34. The van der Waals surface area contributed by atoms with Gasteiger partial charge in [0.05, 0.1) is 0 Å². The van der Waals surface area contributed by atoms with E-state index in [4.69, 9.17) is 0 Å². The first-order valence-corrected chi connectivity index (χ1v) is 3.64. The van der Waals surface area contributed by atoms with Gasteiger partial charge in [0.2, 0.25) is 0 Å². The highest BCUT2D eigenvalue weighted by Crippen LogP contribution is 2.14. The summed E-state index contributed by atoms with van der Waals surface area (Å²) in [6, 6.07) is 0. The Labute approximate surface area is 57.3 Å². The molecular formula is C9H13. The molecule has 0 bridgehead atoms. The van der Waals surface area contributed by atoms with E-state index in [0.29, 0.717) is 0 Å². The molecule has 0 aromatic heterocycles. The molecule has 9 heavy (non-hydrogen) atoms. The van der Waals surface area contributed by atoms with E-state index in [1.54, 1.807) is 0 Å². The van der Waals surface area contributed by atoms with Crippen LogP contribution in [-0.2, 0) is 0 Å². The third-order valence-electron chi connectivity index (χ3n) is 1.55. The van der Waals surface area contributed by atoms with Gasteiger partial charge < -0.3 is 0 Å². The molecule has 0 aromatic rings. The highest BCUT2D eigenvalue weighted by molar-refractivity contribution is 5.33. The summed E-state index contributed by atoms with van der Waals surface area (Å²) in [6.45, 7) is 2.23. The molecule has 0 saturated carbocycles. The van der Waals surface area contributed by atoms with Crippen LogP contribution in [0.1, 0.15) is 26.2 Å². The van der Waals surface area contributed by atoms with E-state index in [1.807, 2.05) is 0 Å². The quantitative estimate of drug-likeness (QED) is 0.538. The first-order chi connectivity index (χ1) is 4.43. The Morgan fingerprint density at radius 3 is 2.89 bits per heavy atom. The Morgan fingerprint density at radius 1 is 1.44 bits per heavy atom. The molecule has 1 rings (SSSR count). The van der Waals surface area contributed by atoms with Gasteiger partial charge in [-0.1, -0.05) is 37.1 Å². The molecule has 49 valence electrons. The van der Waals surface area contributed by atoms with E-state index in [-0.39, 0.29) is 0 Å². The highest BCUT2D eigenvalue weighted by atomic mass is 14.0. The summed E-state index contributed by atoms with van der Waals surface area (Å²) in [5, 5.41) is 0. The average molecular weight is 121 g/mol. The fourth-order valence-electron chi connectivity index (χ4n) is 0.961. The van der Waals surface area contributed by atoms with Crippen molar-refractivity contribution in [3.05, 3.63) is 30.2 Å². The Balaban J connectivity index is 2.19. The van der Waals surface area contributed by atoms with Crippen LogP contribution in [0.3, 0.4) is 0 Å². The molecule has 0 N–H and O–H groups in total. The van der Waals surface area contributed by atoms with Crippen molar-refractivity contribution in [1.82, 2.24) is 0 Å². The molecule has 0 saturated heterocycles. The van der Waals surface area contributed by atoms with Crippen molar-refractivity contribution in [1.29, 1.82) is 0 Å². The van der Waals surface area contributed by atoms with Gasteiger partial charge >= 0.3 is 0 Å². The van der Waals surface area contributed by atoms with Gasteiger partial charge in [-0.2, -0.15) is 0 Å². The van der Waals surface area contributed by atoms with Gasteiger partial charge in [0.15, 0.2) is 0 Å². The van der Waals surface area contributed by atoms with Crippen LogP contribution < -0.4 is 0 Å². The van der Waals surface area contributed by atoms with E-state index in [1.165, 1.54) is 24.8 Å². The summed E-state index contributed by atoms with van der Waals surface area (Å²) in [6.07, 6.45) is 12.5. The van der Waals surface area contributed by atoms with Crippen molar-refractivity contribution in [3.8, 4) is 0 Å². The smallest absolute Gasteiger partial charge is 0.00535 e. The van der Waals surface area contributed by atoms with Crippen LogP contribution in [0.5, 0.6) is 0 Å². The lowest BCUT2D eigenvalue weighted by Crippen LogP contribution is -1.74. The van der Waals surface area contributed by atoms with Crippen LogP contribution in [0, 0.1) is 6.42 Å². The maximum atomic E-state index is 2.23. The Morgan fingerprint density at radius 2 is 2.33 bits per heavy atom. The number of hydrogen-bond donors (Lipinski definition) is 0. The fourth-order valence-corrected chi connectivity index (χ4v) is 0.961. The molecule has 0 aromatic carbocycles. The molecule has 0 unspecified atom stereocenters. The first kappa shape index (κ1) is 6.60. The second-order valence-corrected chi connectivity index (χ2v) is 2.40. The minimum Gasteiger partial charge on any atom is -0.0764 e. The molecule has 0 atom stereocenters. The van der Waals surface area contributed by atoms with Crippen LogP contribution in [0.15, 0.2) is 23.8 Å². The van der Waals surface area contributed by atoms with Crippen molar-refractivity contribution in [2.24, 2.45) is 0 Å². The molecule has 0 spiro atoms. The van der Waals surface area contributed by atoms with Crippen LogP contribution in [-0.4, -0.2) is 0 Å². The largest absolute Gasteiger partial charge is 0.0764 e. The molecule has 1 aliphatic rings. The van der Waals surface area contributed by atoms with Gasteiger partial charge in [0.1, 0.15) is 0 Å². The van der Waals surface area contributed by atoms with Crippen LogP contribution >= 0.6 is 0 Å². The SMILES string of the molecule is CCCCC1=C[CH]C=C1. The maximum absolute atomic E-state index is 2.23. The second kappa shape index (κ2) is 3.49. The standard InChI is InChI=1S/C9H13/c1-2-3-6-9-7-4-5-8-9/h4-5,7-8H,2-3,6H2,1H3. The van der Waals surface area contributed by atoms with Crippen LogP contribution in [0.25, 0.3) is 0 Å². The summed E-state index contributed by atoms with van der Waals surface area (Å²) in [4.78, 5) is 0. The maximum Gasteiger partial charge on any atom is 0.00535 e. The molecule has 0 nitrogen and oxygen atoms in total. The van der Waals surface area contributed by atoms with Gasteiger partial charge in [0, 0.05) is 6.42 Å². The highest BCUT2D eigenvalue weighted by Gasteiger charge is 1.94. The molecule has 0 heteroatoms. The zero-order chi connectivity index (χ0) is 6.53. The van der Waals surface area contributed by atoms with E-state index < -0.39 is 0 Å². The van der Waals surface area contributed by atoms with Gasteiger partial charge in [-0.3, -0.25) is 0 Å². The Hall–Kier alpha value is -0.520. The second-order valence-electron chi connectivity index (χ2n) is 2.40. The molecule has 1 aliphatic carbocycles. The third kappa shape index (κ3) is 2.05. The van der Waals surface area contributed by atoms with E-state index in [2.05, 4.69) is 31.6 Å². The zero-order valence-electron chi connectivity index (χ0n) is 5.93. The van der Waals surface area contributed by atoms with Crippen LogP contribution in [0.2, 0.25) is 0 Å². The first-order valence-electron chi connectivity index (χ1n) is 3.64. The normalized spacial score (nSPS) is 16.3. The number of unbranched alkanes of at least 4 members (excludes halogenated alkanes) is 1. The predicted octanol–water partition coefficient (Wildman–Crippen LogP) is 2.88. The summed E-state index contributed by atoms with van der Waals surface area (Å²) < 4.78 is 0. The van der Waals surface area contributed by atoms with Gasteiger partial charge in [-0.05, 0) is 12.8 Å².